The van der Waals surface area contributed by atoms with Gasteiger partial charge in [0.1, 0.15) is 0 Å². The highest BCUT2D eigenvalue weighted by Crippen LogP contribution is 2.34. The third-order valence-electron chi connectivity index (χ3n) is 3.92. The second kappa shape index (κ2) is 7.05. The quantitative estimate of drug-likeness (QED) is 0.858. The standard InChI is InChI=1S/C17H20N2S2/c20-17(18-11-10-14-6-2-1-3-7-14)19-12-4-8-15(19)16-9-5-13-21-16/h1-3,5-7,9,13,15H,4,8,10-12H2,(H,18,20)/t15-/m1/s1. The first-order chi connectivity index (χ1) is 10.3. The van der Waals surface area contributed by atoms with E-state index in [2.05, 4.69) is 58.1 Å². The molecular weight excluding hydrogens is 296 g/mol. The number of hydrogen-bond donors (Lipinski definition) is 1. The monoisotopic (exact) mass is 316 g/mol. The van der Waals surface area contributed by atoms with Gasteiger partial charge in [0.15, 0.2) is 5.11 Å². The van der Waals surface area contributed by atoms with Crippen LogP contribution in [0.4, 0.5) is 0 Å². The third-order valence-corrected chi connectivity index (χ3v) is 5.27. The molecule has 0 unspecified atom stereocenters. The molecule has 0 amide bonds. The van der Waals surface area contributed by atoms with Gasteiger partial charge in [0, 0.05) is 18.0 Å². The first kappa shape index (κ1) is 14.5. The molecule has 1 aliphatic rings. The van der Waals surface area contributed by atoms with Crippen molar-refractivity contribution in [3.63, 3.8) is 0 Å². The van der Waals surface area contributed by atoms with E-state index in [1.807, 2.05) is 11.3 Å². The number of rotatable bonds is 4. The van der Waals surface area contributed by atoms with E-state index < -0.39 is 0 Å². The lowest BCUT2D eigenvalue weighted by Crippen LogP contribution is -2.39. The van der Waals surface area contributed by atoms with Gasteiger partial charge in [0.25, 0.3) is 0 Å². The van der Waals surface area contributed by atoms with Crippen molar-refractivity contribution in [1.29, 1.82) is 0 Å². The van der Waals surface area contributed by atoms with Gasteiger partial charge < -0.3 is 10.2 Å². The predicted octanol–water partition coefficient (Wildman–Crippen LogP) is 4.00. The molecule has 1 aliphatic heterocycles. The molecule has 2 aromatic rings. The Bertz CT molecular complexity index is 566. The van der Waals surface area contributed by atoms with Crippen LogP contribution in [0.25, 0.3) is 0 Å². The van der Waals surface area contributed by atoms with Crippen LogP contribution < -0.4 is 5.32 Å². The van der Waals surface area contributed by atoms with Crippen LogP contribution in [0.2, 0.25) is 0 Å². The summed E-state index contributed by atoms with van der Waals surface area (Å²) in [5.74, 6) is 0. The molecule has 110 valence electrons. The molecule has 1 saturated heterocycles. The molecule has 3 rings (SSSR count). The third kappa shape index (κ3) is 3.63. The average molecular weight is 316 g/mol. The van der Waals surface area contributed by atoms with Crippen LogP contribution in [0.5, 0.6) is 0 Å². The van der Waals surface area contributed by atoms with E-state index in [-0.39, 0.29) is 0 Å². The molecule has 0 aliphatic carbocycles. The van der Waals surface area contributed by atoms with Gasteiger partial charge in [-0.3, -0.25) is 0 Å². The Morgan fingerprint density at radius 3 is 2.86 bits per heavy atom. The second-order valence-corrected chi connectivity index (χ2v) is 6.70. The maximum Gasteiger partial charge on any atom is 0.169 e. The molecule has 2 nitrogen and oxygen atoms in total. The molecule has 1 fully saturated rings. The molecule has 4 heteroatoms. The van der Waals surface area contributed by atoms with Crippen LogP contribution in [0.3, 0.4) is 0 Å². The van der Waals surface area contributed by atoms with Crippen LogP contribution in [0.15, 0.2) is 47.8 Å². The van der Waals surface area contributed by atoms with Crippen LogP contribution in [-0.4, -0.2) is 23.1 Å². The molecular formula is C17H20N2S2. The zero-order valence-electron chi connectivity index (χ0n) is 12.0. The van der Waals surface area contributed by atoms with Gasteiger partial charge in [-0.25, -0.2) is 0 Å². The summed E-state index contributed by atoms with van der Waals surface area (Å²) < 4.78 is 0. The highest BCUT2D eigenvalue weighted by atomic mass is 32.1. The molecule has 1 atom stereocenters. The van der Waals surface area contributed by atoms with Gasteiger partial charge in [0.2, 0.25) is 0 Å². The summed E-state index contributed by atoms with van der Waals surface area (Å²) in [5.41, 5.74) is 1.35. The highest BCUT2D eigenvalue weighted by molar-refractivity contribution is 7.80. The topological polar surface area (TPSA) is 15.3 Å². The summed E-state index contributed by atoms with van der Waals surface area (Å²) >= 11 is 7.43. The molecule has 1 aromatic heterocycles. The van der Waals surface area contributed by atoms with Crippen molar-refractivity contribution < 1.29 is 0 Å². The zero-order valence-corrected chi connectivity index (χ0v) is 13.6. The molecule has 1 aromatic carbocycles. The van der Waals surface area contributed by atoms with Crippen molar-refractivity contribution in [1.82, 2.24) is 10.2 Å². The van der Waals surface area contributed by atoms with E-state index >= 15 is 0 Å². The fourth-order valence-corrected chi connectivity index (χ4v) is 4.04. The minimum atomic E-state index is 0.474. The molecule has 0 radical (unpaired) electrons. The average Bonchev–Trinajstić information content (AvgIpc) is 3.19. The molecule has 0 spiro atoms. The smallest absolute Gasteiger partial charge is 0.169 e. The fourth-order valence-electron chi connectivity index (χ4n) is 2.85. The minimum Gasteiger partial charge on any atom is -0.362 e. The van der Waals surface area contributed by atoms with Crippen LogP contribution in [-0.2, 0) is 6.42 Å². The van der Waals surface area contributed by atoms with E-state index in [4.69, 9.17) is 12.2 Å². The largest absolute Gasteiger partial charge is 0.362 e. The SMILES string of the molecule is S=C(NCCc1ccccc1)N1CCC[C@@H]1c1cccs1. The Morgan fingerprint density at radius 2 is 2.10 bits per heavy atom. The lowest BCUT2D eigenvalue weighted by atomic mass is 10.1. The van der Waals surface area contributed by atoms with E-state index in [1.165, 1.54) is 23.3 Å². The van der Waals surface area contributed by atoms with E-state index in [1.54, 1.807) is 0 Å². The number of hydrogen-bond acceptors (Lipinski definition) is 2. The van der Waals surface area contributed by atoms with Gasteiger partial charge >= 0.3 is 0 Å². The predicted molar refractivity (Wildman–Crippen MR) is 93.7 cm³/mol. The maximum atomic E-state index is 5.60. The summed E-state index contributed by atoms with van der Waals surface area (Å²) in [5, 5.41) is 6.48. The molecule has 2 heterocycles. The minimum absolute atomic E-state index is 0.474. The second-order valence-electron chi connectivity index (χ2n) is 5.33. The van der Waals surface area contributed by atoms with Crippen LogP contribution in [0, 0.1) is 0 Å². The van der Waals surface area contributed by atoms with Crippen molar-refractivity contribution in [2.75, 3.05) is 13.1 Å². The summed E-state index contributed by atoms with van der Waals surface area (Å²) in [6, 6.07) is 15.4. The lowest BCUT2D eigenvalue weighted by Gasteiger charge is -2.27. The Labute approximate surface area is 135 Å². The van der Waals surface area contributed by atoms with E-state index in [9.17, 15) is 0 Å². The summed E-state index contributed by atoms with van der Waals surface area (Å²) in [6.45, 7) is 1.97. The van der Waals surface area contributed by atoms with Crippen LogP contribution in [0.1, 0.15) is 29.3 Å². The zero-order chi connectivity index (χ0) is 14.5. The molecule has 0 bridgehead atoms. The number of thiocarbonyl (C=S) groups is 1. The summed E-state index contributed by atoms with van der Waals surface area (Å²) in [4.78, 5) is 3.78. The van der Waals surface area contributed by atoms with Gasteiger partial charge in [-0.1, -0.05) is 36.4 Å². The Morgan fingerprint density at radius 1 is 1.24 bits per heavy atom. The maximum absolute atomic E-state index is 5.60. The number of nitrogens with zero attached hydrogens (tertiary/aromatic N) is 1. The highest BCUT2D eigenvalue weighted by Gasteiger charge is 2.28. The Kier molecular flexibility index (Phi) is 4.88. The summed E-state index contributed by atoms with van der Waals surface area (Å²) in [6.07, 6.45) is 3.45. The fraction of sp³-hybridized carbons (Fsp3) is 0.353. The van der Waals surface area contributed by atoms with Crippen molar-refractivity contribution in [2.45, 2.75) is 25.3 Å². The van der Waals surface area contributed by atoms with Crippen molar-refractivity contribution in [3.8, 4) is 0 Å². The first-order valence-electron chi connectivity index (χ1n) is 7.46. The number of thiophene rings is 1. The van der Waals surface area contributed by atoms with Gasteiger partial charge in [0.05, 0.1) is 6.04 Å². The van der Waals surface area contributed by atoms with Crippen molar-refractivity contribution in [3.05, 3.63) is 58.3 Å². The molecule has 21 heavy (non-hydrogen) atoms. The summed E-state index contributed by atoms with van der Waals surface area (Å²) in [7, 11) is 0. The van der Waals surface area contributed by atoms with Gasteiger partial charge in [-0.2, -0.15) is 0 Å². The first-order valence-corrected chi connectivity index (χ1v) is 8.75. The Hall–Kier alpha value is -1.39. The number of likely N-dealkylation sites (tertiary alicyclic amines) is 1. The van der Waals surface area contributed by atoms with E-state index in [0.717, 1.165) is 24.6 Å². The van der Waals surface area contributed by atoms with E-state index in [0.29, 0.717) is 6.04 Å². The number of benzene rings is 1. The van der Waals surface area contributed by atoms with Crippen molar-refractivity contribution in [2.24, 2.45) is 0 Å². The van der Waals surface area contributed by atoms with Crippen LogP contribution >= 0.6 is 23.6 Å². The van der Waals surface area contributed by atoms with Gasteiger partial charge in [-0.15, -0.1) is 11.3 Å². The van der Waals surface area contributed by atoms with Gasteiger partial charge in [-0.05, 0) is 48.5 Å². The molecule has 0 saturated carbocycles. The van der Waals surface area contributed by atoms with Crippen molar-refractivity contribution >= 4 is 28.7 Å². The number of nitrogens with one attached hydrogen (secondary N) is 1. The Balaban J connectivity index is 1.53. The lowest BCUT2D eigenvalue weighted by molar-refractivity contribution is 0.399. The molecule has 1 N–H and O–H groups in total. The normalized spacial score (nSPS) is 17.9.